The van der Waals surface area contributed by atoms with E-state index in [0.29, 0.717) is 0 Å². The summed E-state index contributed by atoms with van der Waals surface area (Å²) in [6, 6.07) is 8.64. The summed E-state index contributed by atoms with van der Waals surface area (Å²) in [6.07, 6.45) is 5.23. The number of hydrogen-bond donors (Lipinski definition) is 0. The van der Waals surface area contributed by atoms with Crippen LogP contribution in [0.25, 0.3) is 0 Å². The van der Waals surface area contributed by atoms with Crippen LogP contribution in [0.15, 0.2) is 36.9 Å². The Bertz CT molecular complexity index is 282. The van der Waals surface area contributed by atoms with Crippen LogP contribution in [0.5, 0.6) is 0 Å². The van der Waals surface area contributed by atoms with Crippen molar-refractivity contribution in [1.29, 1.82) is 0 Å². The third-order valence-corrected chi connectivity index (χ3v) is 2.62. The molecule has 75 valence electrons. The van der Waals surface area contributed by atoms with Gasteiger partial charge in [0.15, 0.2) is 0 Å². The summed E-state index contributed by atoms with van der Waals surface area (Å²) in [5.74, 6) is 1.54. The van der Waals surface area contributed by atoms with Gasteiger partial charge < -0.3 is 0 Å². The molecular weight excluding hydrogens is 168 g/mol. The van der Waals surface area contributed by atoms with Crippen LogP contribution in [0.2, 0.25) is 0 Å². The quantitative estimate of drug-likeness (QED) is 0.607. The molecule has 0 N–H and O–H groups in total. The molecule has 0 aliphatic heterocycles. The summed E-state index contributed by atoms with van der Waals surface area (Å²) in [5, 5.41) is 0. The molecule has 0 heteroatoms. The smallest absolute Gasteiger partial charge is 0.00473 e. The van der Waals surface area contributed by atoms with Crippen molar-refractivity contribution < 1.29 is 0 Å². The lowest BCUT2D eigenvalue weighted by Gasteiger charge is -2.15. The van der Waals surface area contributed by atoms with Gasteiger partial charge in [-0.05, 0) is 30.4 Å². The molecule has 0 saturated heterocycles. The molecule has 1 aromatic rings. The second-order valence-corrected chi connectivity index (χ2v) is 3.46. The van der Waals surface area contributed by atoms with Crippen LogP contribution in [0, 0.1) is 5.92 Å². The highest BCUT2D eigenvalue weighted by Crippen LogP contribution is 2.25. The fourth-order valence-electron chi connectivity index (χ4n) is 1.83. The van der Waals surface area contributed by atoms with Crippen molar-refractivity contribution in [3.05, 3.63) is 54.0 Å². The zero-order valence-electron chi connectivity index (χ0n) is 9.22. The van der Waals surface area contributed by atoms with Gasteiger partial charge in [-0.2, -0.15) is 0 Å². The predicted octanol–water partition coefficient (Wildman–Crippen LogP) is 4.16. The zero-order chi connectivity index (χ0) is 10.4. The summed E-state index contributed by atoms with van der Waals surface area (Å²) in [7, 11) is 0. The Labute approximate surface area is 87.7 Å². The minimum atomic E-state index is 0.972. The Morgan fingerprint density at radius 2 is 1.86 bits per heavy atom. The average molecular weight is 187 g/mol. The molecule has 0 aliphatic rings. The largest absolute Gasteiger partial charge is 0.103 e. The first kappa shape index (κ1) is 11.0. The maximum atomic E-state index is 3.80. The average Bonchev–Trinajstić information content (AvgIpc) is 2.23. The highest BCUT2D eigenvalue weighted by molar-refractivity contribution is 5.39. The van der Waals surface area contributed by atoms with Gasteiger partial charge in [-0.1, -0.05) is 44.2 Å². The lowest BCUT2D eigenvalue weighted by Crippen LogP contribution is -2.01. The van der Waals surface area contributed by atoms with Gasteiger partial charge in [0.2, 0.25) is 0 Å². The Balaban J connectivity index is 2.98. The molecule has 0 nitrogen and oxygen atoms in total. The second-order valence-electron chi connectivity index (χ2n) is 3.46. The van der Waals surface area contributed by atoms with Crippen molar-refractivity contribution in [1.82, 2.24) is 0 Å². The van der Waals surface area contributed by atoms with Gasteiger partial charge in [0, 0.05) is 5.92 Å². The van der Waals surface area contributed by atoms with E-state index in [0.717, 1.165) is 19.3 Å². The molecule has 0 atom stereocenters. The fraction of sp³-hybridized carbons (Fsp3) is 0.357. The number of rotatable bonds is 5. The van der Waals surface area contributed by atoms with Crippen LogP contribution in [-0.4, -0.2) is 0 Å². The summed E-state index contributed by atoms with van der Waals surface area (Å²) in [6.45, 7) is 8.25. The maximum absolute atomic E-state index is 3.80. The lowest BCUT2D eigenvalue weighted by atomic mass is 9.89. The number of allylic oxidation sites excluding steroid dienone is 1. The van der Waals surface area contributed by atoms with E-state index in [9.17, 15) is 0 Å². The van der Waals surface area contributed by atoms with Crippen molar-refractivity contribution in [2.75, 3.05) is 0 Å². The topological polar surface area (TPSA) is 0 Å². The minimum absolute atomic E-state index is 0.972. The molecule has 0 unspecified atom stereocenters. The van der Waals surface area contributed by atoms with E-state index in [2.05, 4.69) is 44.7 Å². The Kier molecular flexibility index (Phi) is 4.45. The van der Waals surface area contributed by atoms with Crippen LogP contribution in [-0.2, 0) is 6.42 Å². The Hall–Kier alpha value is -1.04. The van der Waals surface area contributed by atoms with Crippen molar-refractivity contribution in [2.24, 2.45) is 0 Å². The highest BCUT2D eigenvalue weighted by Gasteiger charge is 2.10. The number of benzene rings is 1. The van der Waals surface area contributed by atoms with Crippen LogP contribution >= 0.6 is 0 Å². The van der Waals surface area contributed by atoms with E-state index in [1.165, 1.54) is 11.1 Å². The predicted molar refractivity (Wildman–Crippen MR) is 63.3 cm³/mol. The van der Waals surface area contributed by atoms with E-state index < -0.39 is 0 Å². The molecule has 1 radical (unpaired) electrons. The molecule has 1 rings (SSSR count). The molecule has 0 amide bonds. The van der Waals surface area contributed by atoms with Gasteiger partial charge in [0.25, 0.3) is 0 Å². The van der Waals surface area contributed by atoms with Crippen LogP contribution < -0.4 is 0 Å². The van der Waals surface area contributed by atoms with Crippen molar-refractivity contribution in [2.45, 2.75) is 33.1 Å². The van der Waals surface area contributed by atoms with E-state index >= 15 is 0 Å². The van der Waals surface area contributed by atoms with Gasteiger partial charge in [-0.3, -0.25) is 0 Å². The van der Waals surface area contributed by atoms with Gasteiger partial charge in [-0.15, -0.1) is 6.58 Å². The monoisotopic (exact) mass is 187 g/mol. The van der Waals surface area contributed by atoms with E-state index in [-0.39, 0.29) is 0 Å². The summed E-state index contributed by atoms with van der Waals surface area (Å²) in [5.41, 5.74) is 2.83. The lowest BCUT2D eigenvalue weighted by molar-refractivity contribution is 0.841. The third kappa shape index (κ3) is 2.47. The Morgan fingerprint density at radius 3 is 2.43 bits per heavy atom. The molecule has 0 bridgehead atoms. The van der Waals surface area contributed by atoms with Crippen molar-refractivity contribution in [3.8, 4) is 0 Å². The maximum Gasteiger partial charge on any atom is 0.00473 e. The van der Waals surface area contributed by atoms with Gasteiger partial charge in [0.1, 0.15) is 0 Å². The minimum Gasteiger partial charge on any atom is -0.103 e. The van der Waals surface area contributed by atoms with Gasteiger partial charge in [-0.25, -0.2) is 0 Å². The first-order chi connectivity index (χ1) is 6.83. The molecule has 0 saturated carbocycles. The van der Waals surface area contributed by atoms with Gasteiger partial charge in [0.05, 0.1) is 0 Å². The van der Waals surface area contributed by atoms with E-state index in [4.69, 9.17) is 0 Å². The van der Waals surface area contributed by atoms with E-state index in [1.54, 1.807) is 5.92 Å². The molecular formula is C14H19. The first-order valence-corrected chi connectivity index (χ1v) is 5.37. The molecule has 0 spiro atoms. The fourth-order valence-corrected chi connectivity index (χ4v) is 1.83. The van der Waals surface area contributed by atoms with Gasteiger partial charge >= 0.3 is 0 Å². The molecule has 0 aromatic heterocycles. The SMILES string of the molecule is C=CCc1ccccc1[C](CC)CC. The van der Waals surface area contributed by atoms with Crippen molar-refractivity contribution in [3.63, 3.8) is 0 Å². The van der Waals surface area contributed by atoms with Crippen LogP contribution in [0.1, 0.15) is 37.8 Å². The zero-order valence-corrected chi connectivity index (χ0v) is 9.22. The number of hydrogen-bond acceptors (Lipinski definition) is 0. The first-order valence-electron chi connectivity index (χ1n) is 5.37. The van der Waals surface area contributed by atoms with Crippen LogP contribution in [0.4, 0.5) is 0 Å². The summed E-state index contributed by atoms with van der Waals surface area (Å²) >= 11 is 0. The normalized spacial score (nSPS) is 10.5. The molecule has 0 fully saturated rings. The highest BCUT2D eigenvalue weighted by atomic mass is 14.1. The summed E-state index contributed by atoms with van der Waals surface area (Å²) < 4.78 is 0. The Morgan fingerprint density at radius 1 is 1.21 bits per heavy atom. The van der Waals surface area contributed by atoms with Crippen molar-refractivity contribution >= 4 is 0 Å². The van der Waals surface area contributed by atoms with E-state index in [1.807, 2.05) is 6.08 Å². The summed E-state index contributed by atoms with van der Waals surface area (Å²) in [4.78, 5) is 0. The van der Waals surface area contributed by atoms with Crippen LogP contribution in [0.3, 0.4) is 0 Å². The standard InChI is InChI=1S/C14H19/c1-4-9-13-10-7-8-11-14(13)12(5-2)6-3/h4,7-8,10-11H,1,5-6,9H2,2-3H3. The molecule has 1 aromatic carbocycles. The molecule has 0 heterocycles. The molecule has 0 aliphatic carbocycles. The molecule has 14 heavy (non-hydrogen) atoms. The second kappa shape index (κ2) is 5.64. The third-order valence-electron chi connectivity index (χ3n) is 2.62.